The van der Waals surface area contributed by atoms with E-state index in [1.165, 1.54) is 6.20 Å². The maximum absolute atomic E-state index is 14.5. The number of aromatic nitrogens is 2. The van der Waals surface area contributed by atoms with Gasteiger partial charge in [0.1, 0.15) is 11.3 Å². The Balaban J connectivity index is 1.40. The molecule has 8 nitrogen and oxygen atoms in total. The molecule has 0 spiro atoms. The van der Waals surface area contributed by atoms with Gasteiger partial charge in [0, 0.05) is 38.3 Å². The Morgan fingerprint density at radius 3 is 2.88 bits per heavy atom. The van der Waals surface area contributed by atoms with Crippen molar-refractivity contribution in [2.45, 2.75) is 51.6 Å². The molecular formula is C23H28FN5O3. The summed E-state index contributed by atoms with van der Waals surface area (Å²) >= 11 is 0. The average Bonchev–Trinajstić information content (AvgIpc) is 3.12. The summed E-state index contributed by atoms with van der Waals surface area (Å²) < 4.78 is 19.6. The van der Waals surface area contributed by atoms with E-state index >= 15 is 0 Å². The number of nitrogens with zero attached hydrogens (tertiary/aromatic N) is 4. The predicted octanol–water partition coefficient (Wildman–Crippen LogP) is 2.46. The first kappa shape index (κ1) is 20.9. The number of amides is 2. The van der Waals surface area contributed by atoms with Crippen LogP contribution in [0.3, 0.4) is 0 Å². The summed E-state index contributed by atoms with van der Waals surface area (Å²) in [6.45, 7) is 5.18. The molecule has 0 saturated carbocycles. The number of aryl methyl sites for hydroxylation is 2. The third kappa shape index (κ3) is 3.53. The highest BCUT2D eigenvalue weighted by Crippen LogP contribution is 2.42. The normalized spacial score (nSPS) is 27.3. The fraction of sp³-hybridized carbons (Fsp3) is 0.565. The zero-order valence-corrected chi connectivity index (χ0v) is 18.4. The number of carbonyl (C=O) groups excluding carboxylic acids is 2. The standard InChI is InChI=1S/C23H28FN5O3/c1-13-22(14(2)32-27-13)23(31)26-10-20-16-8-15(18-4-3-5-21(30)29(18)20)11-28(12-16)19-6-7-25-9-17(19)24/h6-7,9,15-16,18,20H,3-5,8,10-12H2,1-2H3,(H,26,31)/t15-,16-,18-,20-/m0/s1. The van der Waals surface area contributed by atoms with Crippen molar-refractivity contribution >= 4 is 17.5 Å². The number of anilines is 1. The van der Waals surface area contributed by atoms with Gasteiger partial charge in [-0.05, 0) is 51.0 Å². The van der Waals surface area contributed by atoms with E-state index in [9.17, 15) is 14.0 Å². The van der Waals surface area contributed by atoms with Crippen molar-refractivity contribution in [3.8, 4) is 0 Å². The summed E-state index contributed by atoms with van der Waals surface area (Å²) in [6.07, 6.45) is 6.21. The molecule has 0 aromatic carbocycles. The number of rotatable bonds is 4. The lowest BCUT2D eigenvalue weighted by molar-refractivity contribution is -0.148. The minimum Gasteiger partial charge on any atom is -0.368 e. The Morgan fingerprint density at radius 1 is 1.31 bits per heavy atom. The number of piperidine rings is 3. The van der Waals surface area contributed by atoms with Crippen molar-refractivity contribution < 1.29 is 18.5 Å². The Hall–Kier alpha value is -2.97. The van der Waals surface area contributed by atoms with Gasteiger partial charge in [0.15, 0.2) is 5.82 Å². The lowest BCUT2D eigenvalue weighted by Gasteiger charge is -2.57. The number of hydrogen-bond acceptors (Lipinski definition) is 6. The molecule has 32 heavy (non-hydrogen) atoms. The third-order valence-corrected chi connectivity index (χ3v) is 7.32. The first-order chi connectivity index (χ1) is 15.4. The van der Waals surface area contributed by atoms with Gasteiger partial charge in [0.25, 0.3) is 5.91 Å². The Kier molecular flexibility index (Phi) is 5.35. The molecule has 0 aliphatic carbocycles. The number of fused-ring (bicyclic) bond motifs is 4. The topological polar surface area (TPSA) is 91.6 Å². The molecule has 170 valence electrons. The molecular weight excluding hydrogens is 413 g/mol. The second-order valence-electron chi connectivity index (χ2n) is 9.23. The smallest absolute Gasteiger partial charge is 0.256 e. The van der Waals surface area contributed by atoms with E-state index in [1.54, 1.807) is 26.1 Å². The zero-order chi connectivity index (χ0) is 22.4. The van der Waals surface area contributed by atoms with Crippen LogP contribution in [0.15, 0.2) is 23.0 Å². The molecule has 2 amide bonds. The van der Waals surface area contributed by atoms with Crippen LogP contribution in [0.1, 0.15) is 47.5 Å². The van der Waals surface area contributed by atoms with E-state index in [-0.39, 0.29) is 35.6 Å². The van der Waals surface area contributed by atoms with Gasteiger partial charge in [-0.25, -0.2) is 4.39 Å². The van der Waals surface area contributed by atoms with Crippen molar-refractivity contribution in [3.63, 3.8) is 0 Å². The Bertz CT molecular complexity index is 1020. The average molecular weight is 442 g/mol. The molecule has 2 bridgehead atoms. The fourth-order valence-electron chi connectivity index (χ4n) is 5.95. The second kappa shape index (κ2) is 8.18. The second-order valence-corrected chi connectivity index (χ2v) is 9.23. The van der Waals surface area contributed by atoms with Gasteiger partial charge in [-0.2, -0.15) is 0 Å². The lowest BCUT2D eigenvalue weighted by Crippen LogP contribution is -2.67. The van der Waals surface area contributed by atoms with E-state index in [0.717, 1.165) is 25.8 Å². The van der Waals surface area contributed by atoms with E-state index in [1.807, 2.05) is 4.90 Å². The van der Waals surface area contributed by atoms with Crippen molar-refractivity contribution in [1.29, 1.82) is 0 Å². The van der Waals surface area contributed by atoms with Gasteiger partial charge in [0.2, 0.25) is 5.91 Å². The van der Waals surface area contributed by atoms with Gasteiger partial charge in [-0.15, -0.1) is 0 Å². The molecule has 9 heteroatoms. The molecule has 2 aromatic heterocycles. The summed E-state index contributed by atoms with van der Waals surface area (Å²) in [5, 5.41) is 6.89. The molecule has 0 radical (unpaired) electrons. The van der Waals surface area contributed by atoms with Crippen LogP contribution in [0.4, 0.5) is 10.1 Å². The van der Waals surface area contributed by atoms with E-state index < -0.39 is 0 Å². The number of halogens is 1. The maximum atomic E-state index is 14.5. The predicted molar refractivity (Wildman–Crippen MR) is 115 cm³/mol. The monoisotopic (exact) mass is 441 g/mol. The zero-order valence-electron chi connectivity index (χ0n) is 18.4. The molecule has 5 heterocycles. The van der Waals surface area contributed by atoms with E-state index in [0.29, 0.717) is 48.1 Å². The van der Waals surface area contributed by atoms with Crippen LogP contribution in [0.25, 0.3) is 0 Å². The van der Waals surface area contributed by atoms with Crippen molar-refractivity contribution in [2.24, 2.45) is 11.8 Å². The molecule has 5 rings (SSSR count). The minimum atomic E-state index is -0.327. The summed E-state index contributed by atoms with van der Waals surface area (Å²) in [6, 6.07) is 1.72. The number of hydrogen-bond donors (Lipinski definition) is 1. The van der Waals surface area contributed by atoms with Crippen molar-refractivity contribution in [1.82, 2.24) is 20.4 Å². The van der Waals surface area contributed by atoms with Crippen LogP contribution in [-0.4, -0.2) is 58.6 Å². The highest BCUT2D eigenvalue weighted by Gasteiger charge is 2.49. The van der Waals surface area contributed by atoms with Crippen LogP contribution in [0.2, 0.25) is 0 Å². The molecule has 0 unspecified atom stereocenters. The molecule has 3 fully saturated rings. The molecule has 2 aromatic rings. The molecule has 1 N–H and O–H groups in total. The van der Waals surface area contributed by atoms with Crippen molar-refractivity contribution in [2.75, 3.05) is 24.5 Å². The fourth-order valence-corrected chi connectivity index (χ4v) is 5.95. The first-order valence-electron chi connectivity index (χ1n) is 11.3. The summed E-state index contributed by atoms with van der Waals surface area (Å²) in [5.74, 6) is 0.512. The van der Waals surface area contributed by atoms with Crippen LogP contribution in [0, 0.1) is 31.5 Å². The summed E-state index contributed by atoms with van der Waals surface area (Å²) in [5.41, 5.74) is 1.56. The minimum absolute atomic E-state index is 0.124. The maximum Gasteiger partial charge on any atom is 0.256 e. The lowest BCUT2D eigenvalue weighted by atomic mass is 9.72. The first-order valence-corrected chi connectivity index (χ1v) is 11.3. The van der Waals surface area contributed by atoms with Crippen LogP contribution in [-0.2, 0) is 4.79 Å². The molecule has 3 aliphatic heterocycles. The molecule has 4 atom stereocenters. The number of pyridine rings is 1. The third-order valence-electron chi connectivity index (χ3n) is 7.32. The Morgan fingerprint density at radius 2 is 2.12 bits per heavy atom. The van der Waals surface area contributed by atoms with Gasteiger partial charge >= 0.3 is 0 Å². The summed E-state index contributed by atoms with van der Waals surface area (Å²) in [7, 11) is 0. The largest absolute Gasteiger partial charge is 0.368 e. The Labute approximate surface area is 186 Å². The number of nitrogens with one attached hydrogen (secondary N) is 1. The van der Waals surface area contributed by atoms with Gasteiger partial charge in [-0.1, -0.05) is 5.16 Å². The SMILES string of the molecule is Cc1noc(C)c1C(=O)NC[C@H]1[C@H]2C[C@@H](CN(c3ccncc3F)C2)[C@@H]2CCCC(=O)N21. The number of carbonyl (C=O) groups is 2. The van der Waals surface area contributed by atoms with Crippen molar-refractivity contribution in [3.05, 3.63) is 41.3 Å². The van der Waals surface area contributed by atoms with E-state index in [4.69, 9.17) is 4.52 Å². The van der Waals surface area contributed by atoms with Crippen LogP contribution in [0.5, 0.6) is 0 Å². The van der Waals surface area contributed by atoms with Crippen LogP contribution < -0.4 is 10.2 Å². The highest BCUT2D eigenvalue weighted by atomic mass is 19.1. The molecule has 3 aliphatic rings. The molecule has 3 saturated heterocycles. The van der Waals surface area contributed by atoms with Gasteiger partial charge in [-0.3, -0.25) is 14.6 Å². The summed E-state index contributed by atoms with van der Waals surface area (Å²) in [4.78, 5) is 33.8. The van der Waals surface area contributed by atoms with Gasteiger partial charge in [0.05, 0.1) is 23.6 Å². The van der Waals surface area contributed by atoms with Gasteiger partial charge < -0.3 is 19.6 Å². The highest BCUT2D eigenvalue weighted by molar-refractivity contribution is 5.96. The van der Waals surface area contributed by atoms with Crippen LogP contribution >= 0.6 is 0 Å². The quantitative estimate of drug-likeness (QED) is 0.784. The van der Waals surface area contributed by atoms with E-state index in [2.05, 4.69) is 20.4 Å².